The molecule has 1 unspecified atom stereocenters. The maximum atomic E-state index is 13.1. The fourth-order valence-electron chi connectivity index (χ4n) is 3.66. The molecule has 3 aromatic rings. The Balaban J connectivity index is 1.88. The normalized spacial score (nSPS) is 12.3. The molecule has 0 aliphatic heterocycles. The predicted molar refractivity (Wildman–Crippen MR) is 123 cm³/mol. The number of sulfonamides is 1. The van der Waals surface area contributed by atoms with E-state index in [4.69, 9.17) is 4.74 Å². The van der Waals surface area contributed by atoms with Gasteiger partial charge in [-0.2, -0.15) is 0 Å². The highest BCUT2D eigenvalue weighted by Gasteiger charge is 2.20. The maximum absolute atomic E-state index is 13.1. The Labute approximate surface area is 183 Å². The van der Waals surface area contributed by atoms with Crippen LogP contribution in [0.4, 0.5) is 5.69 Å². The smallest absolute Gasteiger partial charge is 0.253 e. The molecular weight excluding hydrogens is 414 g/mol. The number of aryl methyl sites for hydroxylation is 1. The van der Waals surface area contributed by atoms with Gasteiger partial charge in [-0.25, -0.2) is 8.42 Å². The van der Waals surface area contributed by atoms with E-state index < -0.39 is 16.1 Å². The molecular formula is C23H27N3O4S. The Kier molecular flexibility index (Phi) is 6.40. The van der Waals surface area contributed by atoms with Gasteiger partial charge in [0.25, 0.3) is 5.91 Å². The minimum Gasteiger partial charge on any atom is -0.497 e. The molecule has 164 valence electrons. The van der Waals surface area contributed by atoms with Gasteiger partial charge in [0.2, 0.25) is 10.0 Å². The van der Waals surface area contributed by atoms with Crippen molar-refractivity contribution in [3.63, 3.8) is 0 Å². The summed E-state index contributed by atoms with van der Waals surface area (Å²) in [6, 6.07) is 16.1. The Morgan fingerprint density at radius 2 is 1.77 bits per heavy atom. The molecule has 1 heterocycles. The lowest BCUT2D eigenvalue weighted by atomic mass is 10.1. The Morgan fingerprint density at radius 1 is 1.06 bits per heavy atom. The molecule has 1 aromatic heterocycles. The number of hydrogen-bond acceptors (Lipinski definition) is 4. The molecule has 2 aromatic carbocycles. The first kappa shape index (κ1) is 22.4. The second-order valence-electron chi connectivity index (χ2n) is 7.48. The Hall–Kier alpha value is -3.26. The van der Waals surface area contributed by atoms with E-state index in [0.29, 0.717) is 16.8 Å². The number of para-hydroxylation sites is 1. The molecule has 7 nitrogen and oxygen atoms in total. The van der Waals surface area contributed by atoms with Crippen molar-refractivity contribution < 1.29 is 17.9 Å². The molecule has 1 atom stereocenters. The quantitative estimate of drug-likeness (QED) is 0.581. The van der Waals surface area contributed by atoms with E-state index in [2.05, 4.69) is 10.0 Å². The second-order valence-corrected chi connectivity index (χ2v) is 9.23. The summed E-state index contributed by atoms with van der Waals surface area (Å²) in [6.07, 6.45) is 1.10. The lowest BCUT2D eigenvalue weighted by Gasteiger charge is -2.18. The molecule has 0 saturated carbocycles. The van der Waals surface area contributed by atoms with Crippen LogP contribution >= 0.6 is 0 Å². The van der Waals surface area contributed by atoms with Crippen LogP contribution in [-0.4, -0.2) is 32.3 Å². The van der Waals surface area contributed by atoms with Gasteiger partial charge >= 0.3 is 0 Å². The van der Waals surface area contributed by atoms with Crippen molar-refractivity contribution in [3.8, 4) is 11.4 Å². The van der Waals surface area contributed by atoms with E-state index in [1.165, 1.54) is 0 Å². The van der Waals surface area contributed by atoms with E-state index in [9.17, 15) is 13.2 Å². The van der Waals surface area contributed by atoms with Crippen molar-refractivity contribution in [3.05, 3.63) is 77.1 Å². The van der Waals surface area contributed by atoms with E-state index in [1.54, 1.807) is 31.4 Å². The molecule has 0 radical (unpaired) electrons. The lowest BCUT2D eigenvalue weighted by Crippen LogP contribution is -2.28. The monoisotopic (exact) mass is 441 g/mol. The van der Waals surface area contributed by atoms with Crippen LogP contribution in [-0.2, 0) is 10.0 Å². The first-order valence-electron chi connectivity index (χ1n) is 9.81. The molecule has 0 spiro atoms. The minimum atomic E-state index is -3.44. The first-order valence-corrected chi connectivity index (χ1v) is 11.7. The average molecular weight is 442 g/mol. The van der Waals surface area contributed by atoms with Gasteiger partial charge in [-0.05, 0) is 50.6 Å². The summed E-state index contributed by atoms with van der Waals surface area (Å²) in [7, 11) is -1.82. The fraction of sp³-hybridized carbons (Fsp3) is 0.261. The third-order valence-corrected chi connectivity index (χ3v) is 5.65. The van der Waals surface area contributed by atoms with Crippen LogP contribution in [0.2, 0.25) is 0 Å². The average Bonchev–Trinajstić information content (AvgIpc) is 3.01. The number of benzene rings is 2. The fourth-order valence-corrected chi connectivity index (χ4v) is 4.24. The zero-order chi connectivity index (χ0) is 22.8. The van der Waals surface area contributed by atoms with Gasteiger partial charge in [0.1, 0.15) is 5.75 Å². The van der Waals surface area contributed by atoms with Crippen molar-refractivity contribution in [1.82, 2.24) is 9.88 Å². The van der Waals surface area contributed by atoms with Gasteiger partial charge in [0, 0.05) is 23.1 Å². The summed E-state index contributed by atoms with van der Waals surface area (Å²) in [6.45, 7) is 5.66. The summed E-state index contributed by atoms with van der Waals surface area (Å²) in [5.74, 6) is 0.503. The van der Waals surface area contributed by atoms with Gasteiger partial charge in [-0.3, -0.25) is 9.52 Å². The highest BCUT2D eigenvalue weighted by molar-refractivity contribution is 7.92. The van der Waals surface area contributed by atoms with Crippen LogP contribution in [0.15, 0.2) is 54.6 Å². The number of anilines is 1. The number of carbonyl (C=O) groups is 1. The van der Waals surface area contributed by atoms with E-state index in [-0.39, 0.29) is 5.91 Å². The summed E-state index contributed by atoms with van der Waals surface area (Å²) < 4.78 is 33.2. The first-order chi connectivity index (χ1) is 14.6. The van der Waals surface area contributed by atoms with Crippen LogP contribution < -0.4 is 14.8 Å². The second kappa shape index (κ2) is 8.85. The third kappa shape index (κ3) is 5.08. The van der Waals surface area contributed by atoms with Gasteiger partial charge in [-0.1, -0.05) is 24.3 Å². The van der Waals surface area contributed by atoms with Gasteiger partial charge in [0.05, 0.1) is 30.7 Å². The number of ether oxygens (including phenoxy) is 1. The topological polar surface area (TPSA) is 89.4 Å². The van der Waals surface area contributed by atoms with Gasteiger partial charge in [0.15, 0.2) is 0 Å². The number of amides is 1. The highest BCUT2D eigenvalue weighted by atomic mass is 32.2. The van der Waals surface area contributed by atoms with Crippen LogP contribution in [0.3, 0.4) is 0 Å². The number of hydrogen-bond donors (Lipinski definition) is 2. The number of aromatic nitrogens is 1. The largest absolute Gasteiger partial charge is 0.497 e. The molecule has 0 fully saturated rings. The molecule has 2 N–H and O–H groups in total. The number of methoxy groups -OCH3 is 1. The van der Waals surface area contributed by atoms with Crippen molar-refractivity contribution in [1.29, 1.82) is 0 Å². The molecule has 0 aliphatic carbocycles. The Morgan fingerprint density at radius 3 is 2.45 bits per heavy atom. The van der Waals surface area contributed by atoms with Gasteiger partial charge < -0.3 is 14.6 Å². The zero-order valence-corrected chi connectivity index (χ0v) is 19.1. The molecule has 3 rings (SSSR count). The summed E-state index contributed by atoms with van der Waals surface area (Å²) in [4.78, 5) is 13.1. The maximum Gasteiger partial charge on any atom is 0.253 e. The van der Waals surface area contributed by atoms with Crippen molar-refractivity contribution in [2.75, 3.05) is 18.1 Å². The molecule has 0 bridgehead atoms. The number of nitrogens with zero attached hydrogens (tertiary/aromatic N) is 1. The molecule has 0 saturated heterocycles. The van der Waals surface area contributed by atoms with E-state index in [1.807, 2.05) is 55.7 Å². The predicted octanol–water partition coefficient (Wildman–Crippen LogP) is 3.97. The summed E-state index contributed by atoms with van der Waals surface area (Å²) in [5, 5.41) is 2.98. The SMILES string of the molecule is COc1cccc(-n2c(C)cc(C(=O)NC(C)c3ccccc3NS(C)(=O)=O)c2C)c1. The van der Waals surface area contributed by atoms with Crippen LogP contribution in [0.1, 0.15) is 40.3 Å². The molecule has 1 amide bonds. The summed E-state index contributed by atoms with van der Waals surface area (Å²) in [5.41, 5.74) is 4.31. The number of nitrogens with one attached hydrogen (secondary N) is 2. The van der Waals surface area contributed by atoms with Crippen LogP contribution in [0.5, 0.6) is 5.75 Å². The number of carbonyl (C=O) groups excluding carboxylic acids is 1. The number of rotatable bonds is 7. The van der Waals surface area contributed by atoms with Crippen molar-refractivity contribution >= 4 is 21.6 Å². The molecule has 8 heteroatoms. The van der Waals surface area contributed by atoms with E-state index in [0.717, 1.165) is 29.1 Å². The van der Waals surface area contributed by atoms with Crippen molar-refractivity contribution in [2.45, 2.75) is 26.8 Å². The van der Waals surface area contributed by atoms with Crippen LogP contribution in [0.25, 0.3) is 5.69 Å². The van der Waals surface area contributed by atoms with Crippen LogP contribution in [0, 0.1) is 13.8 Å². The standard InChI is InChI=1S/C23H27N3O4S/c1-15-13-21(17(3)26(15)18-9-8-10-19(14-18)30-4)23(27)24-16(2)20-11-6-7-12-22(20)25-31(5,28)29/h6-14,16,25H,1-5H3,(H,24,27). The van der Waals surface area contributed by atoms with E-state index >= 15 is 0 Å². The lowest BCUT2D eigenvalue weighted by molar-refractivity contribution is 0.0939. The third-order valence-electron chi connectivity index (χ3n) is 5.06. The summed E-state index contributed by atoms with van der Waals surface area (Å²) >= 11 is 0. The molecule has 0 aliphatic rings. The zero-order valence-electron chi connectivity index (χ0n) is 18.3. The van der Waals surface area contributed by atoms with Crippen molar-refractivity contribution in [2.24, 2.45) is 0 Å². The highest BCUT2D eigenvalue weighted by Crippen LogP contribution is 2.26. The Bertz CT molecular complexity index is 1220. The minimum absolute atomic E-state index is 0.232. The molecule has 31 heavy (non-hydrogen) atoms. The van der Waals surface area contributed by atoms with Gasteiger partial charge in [-0.15, -0.1) is 0 Å².